The molecule has 0 unspecified atom stereocenters. The number of nitrogens with two attached hydrogens (primary N) is 1. The van der Waals surface area contributed by atoms with Crippen LogP contribution in [0.2, 0.25) is 0 Å². The summed E-state index contributed by atoms with van der Waals surface area (Å²) in [6.45, 7) is 2.11. The fraction of sp³-hybridized carbons (Fsp3) is 0.214. The highest BCUT2D eigenvalue weighted by molar-refractivity contribution is 9.11. The van der Waals surface area contributed by atoms with Crippen molar-refractivity contribution in [1.29, 1.82) is 5.26 Å². The van der Waals surface area contributed by atoms with Crippen molar-refractivity contribution in [2.24, 2.45) is 0 Å². The van der Waals surface area contributed by atoms with E-state index in [0.717, 1.165) is 37.8 Å². The average molecular weight is 400 g/mol. The maximum Gasteiger partial charge on any atom is 0.128 e. The predicted molar refractivity (Wildman–Crippen MR) is 88.3 cm³/mol. The number of nitriles is 1. The minimum Gasteiger partial charge on any atom is -0.397 e. The molecule has 2 rings (SSSR count). The summed E-state index contributed by atoms with van der Waals surface area (Å²) in [6.07, 6.45) is 1.90. The molecular formula is C14H12Br2N2S. The van der Waals surface area contributed by atoms with Crippen LogP contribution in [0.25, 0.3) is 10.4 Å². The second kappa shape index (κ2) is 6.08. The van der Waals surface area contributed by atoms with Gasteiger partial charge in [0.25, 0.3) is 0 Å². The lowest BCUT2D eigenvalue weighted by Crippen LogP contribution is -1.93. The van der Waals surface area contributed by atoms with Crippen LogP contribution in [0.4, 0.5) is 5.69 Å². The summed E-state index contributed by atoms with van der Waals surface area (Å²) in [5.41, 5.74) is 8.90. The molecule has 0 saturated heterocycles. The van der Waals surface area contributed by atoms with E-state index in [9.17, 15) is 0 Å². The third kappa shape index (κ3) is 3.02. The SMILES string of the molecule is CCCc1c(-c2cc(Br)cc(Br)c2)sc(C#N)c1N. The van der Waals surface area contributed by atoms with E-state index in [1.807, 2.05) is 6.07 Å². The first-order valence-corrected chi connectivity index (χ1v) is 8.24. The van der Waals surface area contributed by atoms with E-state index >= 15 is 0 Å². The monoisotopic (exact) mass is 398 g/mol. The van der Waals surface area contributed by atoms with Gasteiger partial charge in [0.1, 0.15) is 10.9 Å². The number of anilines is 1. The molecule has 0 aliphatic carbocycles. The number of hydrogen-bond acceptors (Lipinski definition) is 3. The van der Waals surface area contributed by atoms with Crippen LogP contribution in [-0.4, -0.2) is 0 Å². The van der Waals surface area contributed by atoms with Crippen molar-refractivity contribution in [3.05, 3.63) is 37.6 Å². The van der Waals surface area contributed by atoms with Crippen molar-refractivity contribution in [1.82, 2.24) is 0 Å². The van der Waals surface area contributed by atoms with E-state index in [1.165, 1.54) is 11.3 Å². The molecule has 0 spiro atoms. The first-order chi connectivity index (χ1) is 9.06. The van der Waals surface area contributed by atoms with Gasteiger partial charge in [-0.3, -0.25) is 0 Å². The summed E-state index contributed by atoms with van der Waals surface area (Å²) in [7, 11) is 0. The van der Waals surface area contributed by atoms with Gasteiger partial charge >= 0.3 is 0 Å². The Morgan fingerprint density at radius 2 is 1.89 bits per heavy atom. The Bertz CT molecular complexity index is 636. The molecule has 2 aromatic rings. The summed E-state index contributed by atoms with van der Waals surface area (Å²) in [6, 6.07) is 8.28. The highest BCUT2D eigenvalue weighted by atomic mass is 79.9. The van der Waals surface area contributed by atoms with Crippen LogP contribution < -0.4 is 5.73 Å². The second-order valence-corrected chi connectivity index (χ2v) is 7.02. The van der Waals surface area contributed by atoms with Gasteiger partial charge in [-0.15, -0.1) is 11.3 Å². The van der Waals surface area contributed by atoms with Gasteiger partial charge in [-0.1, -0.05) is 45.2 Å². The van der Waals surface area contributed by atoms with E-state index < -0.39 is 0 Å². The first-order valence-electron chi connectivity index (χ1n) is 5.84. The van der Waals surface area contributed by atoms with E-state index in [0.29, 0.717) is 10.6 Å². The molecule has 19 heavy (non-hydrogen) atoms. The van der Waals surface area contributed by atoms with Gasteiger partial charge in [0.15, 0.2) is 0 Å². The van der Waals surface area contributed by atoms with Gasteiger partial charge in [0.05, 0.1) is 5.69 Å². The van der Waals surface area contributed by atoms with E-state index in [1.54, 1.807) is 0 Å². The van der Waals surface area contributed by atoms with Crippen LogP contribution in [0.5, 0.6) is 0 Å². The molecule has 5 heteroatoms. The zero-order valence-electron chi connectivity index (χ0n) is 10.3. The highest BCUT2D eigenvalue weighted by Crippen LogP contribution is 2.40. The van der Waals surface area contributed by atoms with E-state index in [2.05, 4.69) is 57.0 Å². The molecule has 1 aromatic heterocycles. The largest absolute Gasteiger partial charge is 0.397 e. The molecule has 1 aromatic carbocycles. The Morgan fingerprint density at radius 1 is 1.26 bits per heavy atom. The molecule has 0 bridgehead atoms. The molecule has 0 fully saturated rings. The van der Waals surface area contributed by atoms with Crippen LogP contribution >= 0.6 is 43.2 Å². The molecule has 0 aliphatic rings. The van der Waals surface area contributed by atoms with Crippen molar-refractivity contribution < 1.29 is 0 Å². The maximum atomic E-state index is 9.14. The van der Waals surface area contributed by atoms with Crippen LogP contribution in [-0.2, 0) is 6.42 Å². The Kier molecular flexibility index (Phi) is 4.67. The lowest BCUT2D eigenvalue weighted by molar-refractivity contribution is 0.930. The molecule has 2 nitrogen and oxygen atoms in total. The third-order valence-electron chi connectivity index (χ3n) is 2.77. The molecular weight excluding hydrogens is 388 g/mol. The Labute approximate surface area is 133 Å². The molecule has 0 radical (unpaired) electrons. The summed E-state index contributed by atoms with van der Waals surface area (Å²) >= 11 is 8.46. The van der Waals surface area contributed by atoms with Gasteiger partial charge in [0.2, 0.25) is 0 Å². The summed E-state index contributed by atoms with van der Waals surface area (Å²) in [4.78, 5) is 1.70. The minimum atomic E-state index is 0.606. The molecule has 0 amide bonds. The van der Waals surface area contributed by atoms with Gasteiger partial charge in [0, 0.05) is 13.8 Å². The number of hydrogen-bond donors (Lipinski definition) is 1. The van der Waals surface area contributed by atoms with Crippen molar-refractivity contribution >= 4 is 48.9 Å². The Morgan fingerprint density at radius 3 is 2.42 bits per heavy atom. The molecule has 98 valence electrons. The quantitative estimate of drug-likeness (QED) is 0.756. The van der Waals surface area contributed by atoms with Crippen LogP contribution in [0, 0.1) is 11.3 Å². The van der Waals surface area contributed by atoms with Crippen molar-refractivity contribution in [3.8, 4) is 16.5 Å². The smallest absolute Gasteiger partial charge is 0.128 e. The Hall–Kier alpha value is -0.830. The number of nitrogen functional groups attached to an aromatic ring is 1. The number of rotatable bonds is 3. The van der Waals surface area contributed by atoms with Gasteiger partial charge < -0.3 is 5.73 Å². The van der Waals surface area contributed by atoms with Gasteiger partial charge in [-0.25, -0.2) is 0 Å². The lowest BCUT2D eigenvalue weighted by Gasteiger charge is -2.05. The van der Waals surface area contributed by atoms with Crippen LogP contribution in [0.1, 0.15) is 23.8 Å². The van der Waals surface area contributed by atoms with Crippen molar-refractivity contribution in [2.75, 3.05) is 5.73 Å². The molecule has 0 atom stereocenters. The predicted octanol–water partition coefficient (Wildman–Crippen LogP) is 5.35. The fourth-order valence-corrected chi connectivity index (χ4v) is 4.32. The van der Waals surface area contributed by atoms with Crippen molar-refractivity contribution in [3.63, 3.8) is 0 Å². The molecule has 0 aliphatic heterocycles. The van der Waals surface area contributed by atoms with Crippen LogP contribution in [0.3, 0.4) is 0 Å². The topological polar surface area (TPSA) is 49.8 Å². The number of halogens is 2. The zero-order chi connectivity index (χ0) is 14.0. The number of thiophene rings is 1. The lowest BCUT2D eigenvalue weighted by atomic mass is 10.0. The van der Waals surface area contributed by atoms with Crippen LogP contribution in [0.15, 0.2) is 27.1 Å². The zero-order valence-corrected chi connectivity index (χ0v) is 14.3. The fourth-order valence-electron chi connectivity index (χ4n) is 1.98. The van der Waals surface area contributed by atoms with Gasteiger partial charge in [-0.2, -0.15) is 5.26 Å². The number of nitrogens with zero attached hydrogens (tertiary/aromatic N) is 1. The standard InChI is InChI=1S/C14H12Br2N2S/c1-2-3-11-13(18)12(7-17)19-14(11)8-4-9(15)6-10(16)5-8/h4-6H,2-3,18H2,1H3. The average Bonchev–Trinajstić information content (AvgIpc) is 2.66. The normalized spacial score (nSPS) is 10.4. The summed E-state index contributed by atoms with van der Waals surface area (Å²) < 4.78 is 2.01. The second-order valence-electron chi connectivity index (χ2n) is 4.17. The maximum absolute atomic E-state index is 9.14. The molecule has 0 saturated carbocycles. The summed E-state index contributed by atoms with van der Waals surface area (Å²) in [5, 5.41) is 9.14. The number of benzene rings is 1. The van der Waals surface area contributed by atoms with E-state index in [4.69, 9.17) is 11.0 Å². The van der Waals surface area contributed by atoms with Gasteiger partial charge in [-0.05, 0) is 35.7 Å². The third-order valence-corrected chi connectivity index (χ3v) is 4.89. The highest BCUT2D eigenvalue weighted by Gasteiger charge is 2.17. The molecule has 2 N–H and O–H groups in total. The van der Waals surface area contributed by atoms with Crippen molar-refractivity contribution in [2.45, 2.75) is 19.8 Å². The minimum absolute atomic E-state index is 0.606. The Balaban J connectivity index is 2.64. The summed E-state index contributed by atoms with van der Waals surface area (Å²) in [5.74, 6) is 0. The van der Waals surface area contributed by atoms with E-state index in [-0.39, 0.29) is 0 Å². The first kappa shape index (κ1) is 14.6. The molecule has 1 heterocycles.